The lowest BCUT2D eigenvalue weighted by Crippen LogP contribution is -2.05. The van der Waals surface area contributed by atoms with Crippen LogP contribution < -0.4 is 4.74 Å². The number of benzene rings is 3. The third-order valence-corrected chi connectivity index (χ3v) is 5.72. The Hall–Kier alpha value is -2.60. The molecule has 0 bridgehead atoms. The molecule has 0 aliphatic rings. The molecule has 0 N–H and O–H groups in total. The highest BCUT2D eigenvalue weighted by atomic mass is 32.2. The predicted molar refractivity (Wildman–Crippen MR) is 105 cm³/mol. The van der Waals surface area contributed by atoms with Gasteiger partial charge in [0.15, 0.2) is 0 Å². The van der Waals surface area contributed by atoms with E-state index in [-0.39, 0.29) is 5.25 Å². The molecule has 2 nitrogen and oxygen atoms in total. The zero-order chi connectivity index (χ0) is 20.3. The standard InChI is InChI=1S/C22H19F3O2S/c1-15(2)28(26)19-13-7-16(8-14-19)20-5-3-4-6-21(20)27-18-11-9-17(10-12-18)22(23,24)25/h3-15H,1-2H3. The molecule has 0 amide bonds. The van der Waals surface area contributed by atoms with Crippen LogP contribution in [0.15, 0.2) is 77.7 Å². The van der Waals surface area contributed by atoms with E-state index in [0.29, 0.717) is 11.5 Å². The van der Waals surface area contributed by atoms with E-state index in [0.717, 1.165) is 28.2 Å². The van der Waals surface area contributed by atoms with Crippen LogP contribution in [0.2, 0.25) is 0 Å². The summed E-state index contributed by atoms with van der Waals surface area (Å²) in [4.78, 5) is 0.750. The van der Waals surface area contributed by atoms with E-state index >= 15 is 0 Å². The lowest BCUT2D eigenvalue weighted by atomic mass is 10.0. The van der Waals surface area contributed by atoms with Crippen LogP contribution >= 0.6 is 0 Å². The molecule has 3 aromatic rings. The van der Waals surface area contributed by atoms with Crippen LogP contribution in [0.4, 0.5) is 13.2 Å². The summed E-state index contributed by atoms with van der Waals surface area (Å²) >= 11 is 0. The maximum atomic E-state index is 12.7. The molecule has 3 rings (SSSR count). The second-order valence-electron chi connectivity index (χ2n) is 6.49. The molecule has 1 atom stereocenters. The van der Waals surface area contributed by atoms with Crippen LogP contribution in [-0.4, -0.2) is 9.46 Å². The number of hydrogen-bond donors (Lipinski definition) is 0. The van der Waals surface area contributed by atoms with Crippen LogP contribution in [0.3, 0.4) is 0 Å². The van der Waals surface area contributed by atoms with Gasteiger partial charge in [-0.1, -0.05) is 44.2 Å². The van der Waals surface area contributed by atoms with Gasteiger partial charge < -0.3 is 4.74 Å². The number of rotatable bonds is 5. The van der Waals surface area contributed by atoms with Crippen LogP contribution in [0.25, 0.3) is 11.1 Å². The lowest BCUT2D eigenvalue weighted by molar-refractivity contribution is -0.137. The Morgan fingerprint density at radius 3 is 2.04 bits per heavy atom. The first-order valence-electron chi connectivity index (χ1n) is 8.71. The molecule has 6 heteroatoms. The summed E-state index contributed by atoms with van der Waals surface area (Å²) in [7, 11) is -1.07. The van der Waals surface area contributed by atoms with E-state index in [1.807, 2.05) is 50.2 Å². The maximum absolute atomic E-state index is 12.7. The van der Waals surface area contributed by atoms with Gasteiger partial charge in [0.05, 0.1) is 16.4 Å². The summed E-state index contributed by atoms with van der Waals surface area (Å²) in [5.74, 6) is 0.845. The first-order chi connectivity index (χ1) is 13.3. The van der Waals surface area contributed by atoms with Crippen molar-refractivity contribution in [2.75, 3.05) is 0 Å². The molecule has 0 aliphatic carbocycles. The number of para-hydroxylation sites is 1. The molecular formula is C22H19F3O2S. The summed E-state index contributed by atoms with van der Waals surface area (Å²) < 4.78 is 56.2. The van der Waals surface area contributed by atoms with Gasteiger partial charge in [0.1, 0.15) is 11.5 Å². The third-order valence-electron chi connectivity index (χ3n) is 4.12. The SMILES string of the molecule is CC(C)S(=O)c1ccc(-c2ccccc2Oc2ccc(C(F)(F)F)cc2)cc1. The second kappa shape index (κ2) is 8.19. The summed E-state index contributed by atoms with van der Waals surface area (Å²) in [5, 5.41) is 0.0288. The van der Waals surface area contributed by atoms with Crippen molar-refractivity contribution in [2.24, 2.45) is 0 Å². The Bertz CT molecular complexity index is 962. The Labute approximate surface area is 164 Å². The van der Waals surface area contributed by atoms with Crippen LogP contribution in [-0.2, 0) is 17.0 Å². The molecule has 146 valence electrons. The van der Waals surface area contributed by atoms with Crippen molar-refractivity contribution in [3.63, 3.8) is 0 Å². The molecule has 0 saturated heterocycles. The fourth-order valence-electron chi connectivity index (χ4n) is 2.67. The molecule has 3 aromatic carbocycles. The highest BCUT2D eigenvalue weighted by molar-refractivity contribution is 7.85. The van der Waals surface area contributed by atoms with E-state index in [9.17, 15) is 17.4 Å². The number of alkyl halides is 3. The highest BCUT2D eigenvalue weighted by Crippen LogP contribution is 2.35. The van der Waals surface area contributed by atoms with Crippen LogP contribution in [0.1, 0.15) is 19.4 Å². The maximum Gasteiger partial charge on any atom is 0.416 e. The van der Waals surface area contributed by atoms with Crippen LogP contribution in [0.5, 0.6) is 11.5 Å². The van der Waals surface area contributed by atoms with Crippen molar-refractivity contribution >= 4 is 10.8 Å². The summed E-state index contributed by atoms with van der Waals surface area (Å²) in [6, 6.07) is 19.2. The zero-order valence-corrected chi connectivity index (χ0v) is 16.2. The number of halogens is 3. The molecule has 0 spiro atoms. The second-order valence-corrected chi connectivity index (χ2v) is 8.50. The van der Waals surface area contributed by atoms with Crippen molar-refractivity contribution in [3.8, 4) is 22.6 Å². The minimum atomic E-state index is -4.38. The number of hydrogen-bond acceptors (Lipinski definition) is 2. The van der Waals surface area contributed by atoms with Gasteiger partial charge in [-0.25, -0.2) is 0 Å². The van der Waals surface area contributed by atoms with Crippen molar-refractivity contribution in [3.05, 3.63) is 78.4 Å². The Morgan fingerprint density at radius 2 is 1.46 bits per heavy atom. The quantitative estimate of drug-likeness (QED) is 0.474. The van der Waals surface area contributed by atoms with Gasteiger partial charge in [-0.15, -0.1) is 0 Å². The van der Waals surface area contributed by atoms with Gasteiger partial charge in [-0.2, -0.15) is 13.2 Å². The Kier molecular flexibility index (Phi) is 5.89. The van der Waals surface area contributed by atoms with E-state index in [1.54, 1.807) is 12.1 Å². The van der Waals surface area contributed by atoms with Gasteiger partial charge in [0, 0.05) is 15.7 Å². The lowest BCUT2D eigenvalue weighted by Gasteiger charge is -2.13. The van der Waals surface area contributed by atoms with Crippen molar-refractivity contribution in [1.29, 1.82) is 0 Å². The average molecular weight is 404 g/mol. The largest absolute Gasteiger partial charge is 0.457 e. The van der Waals surface area contributed by atoms with Gasteiger partial charge in [-0.3, -0.25) is 4.21 Å². The first-order valence-corrected chi connectivity index (χ1v) is 9.92. The first kappa shape index (κ1) is 20.1. The minimum absolute atomic E-state index is 0.0288. The molecule has 28 heavy (non-hydrogen) atoms. The molecule has 1 unspecified atom stereocenters. The molecule has 0 aliphatic heterocycles. The van der Waals surface area contributed by atoms with Crippen molar-refractivity contribution in [2.45, 2.75) is 30.2 Å². The monoisotopic (exact) mass is 404 g/mol. The zero-order valence-electron chi connectivity index (χ0n) is 15.4. The van der Waals surface area contributed by atoms with E-state index < -0.39 is 22.5 Å². The summed E-state index contributed by atoms with van der Waals surface area (Å²) in [6.07, 6.45) is -4.38. The highest BCUT2D eigenvalue weighted by Gasteiger charge is 2.30. The molecule has 0 saturated carbocycles. The third kappa shape index (κ3) is 4.62. The van der Waals surface area contributed by atoms with Crippen LogP contribution in [0, 0.1) is 0 Å². The van der Waals surface area contributed by atoms with E-state index in [2.05, 4.69) is 0 Å². The topological polar surface area (TPSA) is 26.3 Å². The molecule has 0 aromatic heterocycles. The summed E-state index contributed by atoms with van der Waals surface area (Å²) in [6.45, 7) is 3.80. The number of ether oxygens (including phenoxy) is 1. The predicted octanol–water partition coefficient (Wildman–Crippen LogP) is 6.68. The smallest absolute Gasteiger partial charge is 0.416 e. The molecule has 0 heterocycles. The molecule has 0 radical (unpaired) electrons. The Balaban J connectivity index is 1.86. The van der Waals surface area contributed by atoms with Crippen molar-refractivity contribution < 1.29 is 22.1 Å². The van der Waals surface area contributed by atoms with Gasteiger partial charge >= 0.3 is 6.18 Å². The average Bonchev–Trinajstić information content (AvgIpc) is 2.68. The fourth-order valence-corrected chi connectivity index (χ4v) is 3.62. The van der Waals surface area contributed by atoms with Gasteiger partial charge in [-0.05, 0) is 48.0 Å². The normalized spacial score (nSPS) is 12.8. The van der Waals surface area contributed by atoms with Gasteiger partial charge in [0.2, 0.25) is 0 Å². The minimum Gasteiger partial charge on any atom is -0.457 e. The molecular weight excluding hydrogens is 385 g/mol. The van der Waals surface area contributed by atoms with Gasteiger partial charge in [0.25, 0.3) is 0 Å². The fraction of sp³-hybridized carbons (Fsp3) is 0.182. The molecule has 0 fully saturated rings. The van der Waals surface area contributed by atoms with E-state index in [4.69, 9.17) is 4.74 Å². The summed E-state index contributed by atoms with van der Waals surface area (Å²) in [5.41, 5.74) is 0.943. The Morgan fingerprint density at radius 1 is 0.857 bits per heavy atom. The van der Waals surface area contributed by atoms with Crippen molar-refractivity contribution in [1.82, 2.24) is 0 Å². The van der Waals surface area contributed by atoms with E-state index in [1.165, 1.54) is 12.1 Å².